The number of carbonyl (C=O) groups is 1. The first-order valence-corrected chi connectivity index (χ1v) is 7.72. The average molecular weight is 321 g/mol. The zero-order valence-corrected chi connectivity index (χ0v) is 12.7. The number of fused-ring (bicyclic) bond motifs is 1. The minimum atomic E-state index is 0.0483. The van der Waals surface area contributed by atoms with Crippen molar-refractivity contribution in [3.05, 3.63) is 69.0 Å². The Kier molecular flexibility index (Phi) is 3.79. The molecule has 0 aliphatic rings. The molecule has 0 fully saturated rings. The van der Waals surface area contributed by atoms with E-state index in [2.05, 4.69) is 6.07 Å². The van der Waals surface area contributed by atoms with Gasteiger partial charge in [-0.2, -0.15) is 0 Å². The molecule has 3 rings (SSSR count). The van der Waals surface area contributed by atoms with E-state index >= 15 is 0 Å². The molecule has 0 spiro atoms. The van der Waals surface area contributed by atoms with E-state index in [1.54, 1.807) is 29.5 Å². The van der Waals surface area contributed by atoms with Gasteiger partial charge in [0.15, 0.2) is 5.78 Å². The lowest BCUT2D eigenvalue weighted by atomic mass is 10.0. The van der Waals surface area contributed by atoms with Crippen LogP contribution in [-0.4, -0.2) is 5.78 Å². The highest BCUT2D eigenvalue weighted by atomic mass is 35.5. The Balaban J connectivity index is 1.90. The second kappa shape index (κ2) is 5.57. The predicted octanol–water partition coefficient (Wildman–Crippen LogP) is 5.63. The van der Waals surface area contributed by atoms with E-state index in [1.807, 2.05) is 23.6 Å². The molecular formula is C16H10Cl2OS. The monoisotopic (exact) mass is 320 g/mol. The van der Waals surface area contributed by atoms with Crippen molar-refractivity contribution < 1.29 is 4.79 Å². The van der Waals surface area contributed by atoms with Crippen LogP contribution in [0.5, 0.6) is 0 Å². The van der Waals surface area contributed by atoms with E-state index in [-0.39, 0.29) is 5.78 Å². The van der Waals surface area contributed by atoms with Crippen LogP contribution in [0.1, 0.15) is 15.9 Å². The van der Waals surface area contributed by atoms with Crippen LogP contribution in [0, 0.1) is 0 Å². The third-order valence-electron chi connectivity index (χ3n) is 3.15. The summed E-state index contributed by atoms with van der Waals surface area (Å²) >= 11 is 13.5. The summed E-state index contributed by atoms with van der Waals surface area (Å²) in [4.78, 5) is 12.3. The largest absolute Gasteiger partial charge is 0.294 e. The number of hydrogen-bond donors (Lipinski definition) is 0. The Morgan fingerprint density at radius 3 is 2.65 bits per heavy atom. The smallest absolute Gasteiger partial charge is 0.167 e. The normalized spacial score (nSPS) is 10.9. The molecule has 0 atom stereocenters. The van der Waals surface area contributed by atoms with Crippen molar-refractivity contribution in [1.29, 1.82) is 0 Å². The predicted molar refractivity (Wildman–Crippen MR) is 86.3 cm³/mol. The van der Waals surface area contributed by atoms with Crippen molar-refractivity contribution >= 4 is 50.4 Å². The van der Waals surface area contributed by atoms with Crippen LogP contribution < -0.4 is 0 Å². The van der Waals surface area contributed by atoms with Gasteiger partial charge in [-0.1, -0.05) is 41.4 Å². The first-order chi connectivity index (χ1) is 9.65. The van der Waals surface area contributed by atoms with Gasteiger partial charge in [0.1, 0.15) is 0 Å². The molecule has 20 heavy (non-hydrogen) atoms. The molecule has 1 nitrogen and oxygen atoms in total. The van der Waals surface area contributed by atoms with Crippen LogP contribution in [0.15, 0.2) is 47.8 Å². The van der Waals surface area contributed by atoms with Crippen LogP contribution in [0.2, 0.25) is 10.0 Å². The van der Waals surface area contributed by atoms with E-state index in [0.29, 0.717) is 22.0 Å². The van der Waals surface area contributed by atoms with Crippen LogP contribution in [0.25, 0.3) is 10.1 Å². The quantitative estimate of drug-likeness (QED) is 0.571. The van der Waals surface area contributed by atoms with Gasteiger partial charge in [0, 0.05) is 16.7 Å². The van der Waals surface area contributed by atoms with E-state index in [9.17, 15) is 4.79 Å². The summed E-state index contributed by atoms with van der Waals surface area (Å²) in [6, 6.07) is 13.1. The van der Waals surface area contributed by atoms with E-state index in [1.165, 1.54) is 4.70 Å². The highest BCUT2D eigenvalue weighted by Gasteiger charge is 2.12. The van der Waals surface area contributed by atoms with Gasteiger partial charge >= 0.3 is 0 Å². The van der Waals surface area contributed by atoms with Gasteiger partial charge in [0.05, 0.1) is 10.0 Å². The third kappa shape index (κ3) is 2.59. The molecule has 0 saturated heterocycles. The SMILES string of the molecule is O=C(Cc1csc2ccccc12)c1ccc(Cl)c(Cl)c1. The molecule has 3 aromatic rings. The Morgan fingerprint density at radius 2 is 1.85 bits per heavy atom. The third-order valence-corrected chi connectivity index (χ3v) is 4.91. The fourth-order valence-electron chi connectivity index (χ4n) is 2.11. The van der Waals surface area contributed by atoms with Gasteiger partial charge in [-0.05, 0) is 40.6 Å². The Labute approximate surface area is 130 Å². The fraction of sp³-hybridized carbons (Fsp3) is 0.0625. The van der Waals surface area contributed by atoms with Crippen LogP contribution >= 0.6 is 34.5 Å². The first-order valence-electron chi connectivity index (χ1n) is 6.08. The summed E-state index contributed by atoms with van der Waals surface area (Å²) in [7, 11) is 0. The van der Waals surface area contributed by atoms with Gasteiger partial charge in [-0.15, -0.1) is 11.3 Å². The van der Waals surface area contributed by atoms with Gasteiger partial charge in [-0.25, -0.2) is 0 Å². The molecule has 0 bridgehead atoms. The van der Waals surface area contributed by atoms with Gasteiger partial charge in [0.25, 0.3) is 0 Å². The minimum Gasteiger partial charge on any atom is -0.294 e. The lowest BCUT2D eigenvalue weighted by Crippen LogP contribution is -2.02. The molecule has 100 valence electrons. The maximum absolute atomic E-state index is 12.3. The maximum atomic E-state index is 12.3. The van der Waals surface area contributed by atoms with E-state index in [0.717, 1.165) is 10.9 Å². The van der Waals surface area contributed by atoms with Crippen molar-refractivity contribution in [2.75, 3.05) is 0 Å². The standard InChI is InChI=1S/C16H10Cl2OS/c17-13-6-5-10(7-14(13)18)15(19)8-11-9-20-16-4-2-1-3-12(11)16/h1-7,9H,8H2. The summed E-state index contributed by atoms with van der Waals surface area (Å²) in [5.41, 5.74) is 1.65. The average Bonchev–Trinajstić information content (AvgIpc) is 2.85. The number of Topliss-reactive ketones (excluding diaryl/α,β-unsaturated/α-hetero) is 1. The molecule has 0 unspecified atom stereocenters. The Hall–Kier alpha value is -1.35. The maximum Gasteiger partial charge on any atom is 0.167 e. The van der Waals surface area contributed by atoms with Crippen molar-refractivity contribution in [3.63, 3.8) is 0 Å². The molecule has 1 aromatic heterocycles. The Morgan fingerprint density at radius 1 is 1.05 bits per heavy atom. The second-order valence-electron chi connectivity index (χ2n) is 4.49. The van der Waals surface area contributed by atoms with Crippen molar-refractivity contribution in [2.45, 2.75) is 6.42 Å². The molecule has 1 heterocycles. The number of hydrogen-bond acceptors (Lipinski definition) is 2. The number of thiophene rings is 1. The van der Waals surface area contributed by atoms with Crippen molar-refractivity contribution in [3.8, 4) is 0 Å². The molecule has 0 N–H and O–H groups in total. The molecule has 0 amide bonds. The topological polar surface area (TPSA) is 17.1 Å². The van der Waals surface area contributed by atoms with Crippen LogP contribution in [-0.2, 0) is 6.42 Å². The van der Waals surface area contributed by atoms with Gasteiger partial charge in [-0.3, -0.25) is 4.79 Å². The molecular weight excluding hydrogens is 311 g/mol. The van der Waals surface area contributed by atoms with Crippen molar-refractivity contribution in [1.82, 2.24) is 0 Å². The van der Waals surface area contributed by atoms with E-state index < -0.39 is 0 Å². The second-order valence-corrected chi connectivity index (χ2v) is 6.21. The number of halogens is 2. The lowest BCUT2D eigenvalue weighted by Gasteiger charge is -2.02. The highest BCUT2D eigenvalue weighted by molar-refractivity contribution is 7.17. The van der Waals surface area contributed by atoms with E-state index in [4.69, 9.17) is 23.2 Å². The molecule has 0 radical (unpaired) electrons. The zero-order chi connectivity index (χ0) is 14.1. The summed E-state index contributed by atoms with van der Waals surface area (Å²) in [6.45, 7) is 0. The fourth-order valence-corrected chi connectivity index (χ4v) is 3.38. The summed E-state index contributed by atoms with van der Waals surface area (Å²) in [5, 5.41) is 4.06. The van der Waals surface area contributed by atoms with Crippen molar-refractivity contribution in [2.24, 2.45) is 0 Å². The van der Waals surface area contributed by atoms with Crippen LogP contribution in [0.3, 0.4) is 0 Å². The van der Waals surface area contributed by atoms with Crippen LogP contribution in [0.4, 0.5) is 0 Å². The van der Waals surface area contributed by atoms with Gasteiger partial charge < -0.3 is 0 Å². The number of ketones is 1. The highest BCUT2D eigenvalue weighted by Crippen LogP contribution is 2.28. The molecule has 4 heteroatoms. The molecule has 0 aliphatic heterocycles. The number of rotatable bonds is 3. The molecule has 0 aliphatic carbocycles. The van der Waals surface area contributed by atoms with Gasteiger partial charge in [0.2, 0.25) is 0 Å². The lowest BCUT2D eigenvalue weighted by molar-refractivity contribution is 0.0993. The molecule has 2 aromatic carbocycles. The number of benzene rings is 2. The number of carbonyl (C=O) groups excluding carboxylic acids is 1. The first kappa shape index (κ1) is 13.6. The summed E-state index contributed by atoms with van der Waals surface area (Å²) < 4.78 is 1.20. The summed E-state index contributed by atoms with van der Waals surface area (Å²) in [6.07, 6.45) is 0.377. The minimum absolute atomic E-state index is 0.0483. The zero-order valence-electron chi connectivity index (χ0n) is 10.4. The Bertz CT molecular complexity index is 792. The molecule has 0 saturated carbocycles. The summed E-state index contributed by atoms with van der Waals surface area (Å²) in [5.74, 6) is 0.0483.